The lowest BCUT2D eigenvalue weighted by molar-refractivity contribution is -0.117. The molecule has 6 nitrogen and oxygen atoms in total. The third-order valence-electron chi connectivity index (χ3n) is 4.47. The van der Waals surface area contributed by atoms with E-state index >= 15 is 0 Å². The van der Waals surface area contributed by atoms with E-state index in [0.717, 1.165) is 11.1 Å². The fourth-order valence-corrected chi connectivity index (χ4v) is 3.05. The maximum atomic E-state index is 12.9. The molecule has 3 rings (SSSR count). The first kappa shape index (κ1) is 21.3. The third-order valence-corrected chi connectivity index (χ3v) is 4.47. The molecular weight excluding hydrogens is 388 g/mol. The predicted molar refractivity (Wildman–Crippen MR) is 121 cm³/mol. The van der Waals surface area contributed by atoms with E-state index in [1.807, 2.05) is 66.7 Å². The number of amides is 2. The van der Waals surface area contributed by atoms with E-state index in [9.17, 15) is 14.9 Å². The number of anilines is 2. The molecule has 154 valence electrons. The van der Waals surface area contributed by atoms with Crippen LogP contribution in [-0.4, -0.2) is 11.8 Å². The van der Waals surface area contributed by atoms with Gasteiger partial charge in [0.15, 0.2) is 0 Å². The normalized spacial score (nSPS) is 10.8. The van der Waals surface area contributed by atoms with E-state index in [1.165, 1.54) is 13.1 Å². The van der Waals surface area contributed by atoms with E-state index in [2.05, 4.69) is 16.0 Å². The molecule has 0 aromatic heterocycles. The van der Waals surface area contributed by atoms with E-state index in [1.54, 1.807) is 24.3 Å². The van der Waals surface area contributed by atoms with Gasteiger partial charge in [0, 0.05) is 24.5 Å². The van der Waals surface area contributed by atoms with Gasteiger partial charge in [-0.15, -0.1) is 0 Å². The van der Waals surface area contributed by atoms with Gasteiger partial charge in [0.25, 0.3) is 5.91 Å². The van der Waals surface area contributed by atoms with Gasteiger partial charge < -0.3 is 16.0 Å². The Labute approximate surface area is 181 Å². The number of hydrogen-bond acceptors (Lipinski definition) is 4. The molecule has 0 saturated carbocycles. The molecule has 0 atom stereocenters. The molecule has 0 spiro atoms. The van der Waals surface area contributed by atoms with Crippen molar-refractivity contribution in [3.05, 3.63) is 108 Å². The quantitative estimate of drug-likeness (QED) is 0.398. The Hall–Kier alpha value is -4.37. The summed E-state index contributed by atoms with van der Waals surface area (Å²) >= 11 is 0. The minimum Gasteiger partial charge on any atom is -0.360 e. The van der Waals surface area contributed by atoms with Crippen molar-refractivity contribution in [3.63, 3.8) is 0 Å². The zero-order valence-corrected chi connectivity index (χ0v) is 17.0. The van der Waals surface area contributed by atoms with Crippen molar-refractivity contribution < 1.29 is 9.59 Å². The molecule has 3 aromatic rings. The SMILES string of the molecule is CC(=O)Nc1cccc(N/C=C(/C#N)C(=O)NC(c2ccccc2)c2ccccc2)c1. The molecule has 0 saturated heterocycles. The smallest absolute Gasteiger partial charge is 0.264 e. The first-order chi connectivity index (χ1) is 15.1. The highest BCUT2D eigenvalue weighted by Crippen LogP contribution is 2.22. The molecule has 3 aromatic carbocycles. The Balaban J connectivity index is 1.79. The third kappa shape index (κ3) is 6.05. The number of carbonyl (C=O) groups is 2. The first-order valence-electron chi connectivity index (χ1n) is 9.72. The van der Waals surface area contributed by atoms with Crippen molar-refractivity contribution >= 4 is 23.2 Å². The number of nitrogens with zero attached hydrogens (tertiary/aromatic N) is 1. The van der Waals surface area contributed by atoms with Gasteiger partial charge in [0.05, 0.1) is 6.04 Å². The van der Waals surface area contributed by atoms with Gasteiger partial charge in [-0.05, 0) is 29.3 Å². The molecular formula is C25H22N4O2. The topological polar surface area (TPSA) is 94.0 Å². The Bertz CT molecular complexity index is 1080. The van der Waals surface area contributed by atoms with Crippen LogP contribution in [0.2, 0.25) is 0 Å². The first-order valence-corrected chi connectivity index (χ1v) is 9.72. The minimum atomic E-state index is -0.495. The number of nitriles is 1. The van der Waals surface area contributed by atoms with Crippen LogP contribution >= 0.6 is 0 Å². The highest BCUT2D eigenvalue weighted by atomic mass is 16.2. The van der Waals surface area contributed by atoms with E-state index in [-0.39, 0.29) is 11.5 Å². The number of carbonyl (C=O) groups excluding carboxylic acids is 2. The van der Waals surface area contributed by atoms with Crippen molar-refractivity contribution in [3.8, 4) is 6.07 Å². The Morgan fingerprint density at radius 3 is 2.00 bits per heavy atom. The van der Waals surface area contributed by atoms with Gasteiger partial charge >= 0.3 is 0 Å². The van der Waals surface area contributed by atoms with Gasteiger partial charge in [-0.25, -0.2) is 0 Å². The van der Waals surface area contributed by atoms with Crippen LogP contribution in [0.15, 0.2) is 96.7 Å². The van der Waals surface area contributed by atoms with E-state index < -0.39 is 11.9 Å². The largest absolute Gasteiger partial charge is 0.360 e. The summed E-state index contributed by atoms with van der Waals surface area (Å²) in [7, 11) is 0. The molecule has 3 N–H and O–H groups in total. The lowest BCUT2D eigenvalue weighted by Gasteiger charge is -2.19. The molecule has 0 aliphatic carbocycles. The molecule has 0 radical (unpaired) electrons. The van der Waals surface area contributed by atoms with Crippen molar-refractivity contribution in [2.45, 2.75) is 13.0 Å². The number of rotatable bonds is 7. The van der Waals surface area contributed by atoms with Crippen molar-refractivity contribution in [1.29, 1.82) is 5.26 Å². The summed E-state index contributed by atoms with van der Waals surface area (Å²) in [6, 6.07) is 27.7. The summed E-state index contributed by atoms with van der Waals surface area (Å²) in [5.74, 6) is -0.677. The Kier molecular flexibility index (Phi) is 7.17. The second-order valence-corrected chi connectivity index (χ2v) is 6.80. The summed E-state index contributed by atoms with van der Waals surface area (Å²) in [4.78, 5) is 24.1. The summed E-state index contributed by atoms with van der Waals surface area (Å²) in [5, 5.41) is 18.1. The highest BCUT2D eigenvalue weighted by molar-refractivity contribution is 5.98. The average Bonchev–Trinajstić information content (AvgIpc) is 2.79. The highest BCUT2D eigenvalue weighted by Gasteiger charge is 2.19. The molecule has 2 amide bonds. The van der Waals surface area contributed by atoms with Crippen LogP contribution in [-0.2, 0) is 9.59 Å². The summed E-state index contributed by atoms with van der Waals surface area (Å²) < 4.78 is 0. The number of hydrogen-bond donors (Lipinski definition) is 3. The molecule has 0 heterocycles. The fourth-order valence-electron chi connectivity index (χ4n) is 3.05. The maximum Gasteiger partial charge on any atom is 0.264 e. The Morgan fingerprint density at radius 2 is 1.45 bits per heavy atom. The van der Waals surface area contributed by atoms with Crippen LogP contribution in [0.5, 0.6) is 0 Å². The van der Waals surface area contributed by atoms with Crippen molar-refractivity contribution in [2.24, 2.45) is 0 Å². The van der Waals surface area contributed by atoms with Gasteiger partial charge in [0.1, 0.15) is 11.6 Å². The number of benzene rings is 3. The summed E-state index contributed by atoms with van der Waals surface area (Å²) in [5.41, 5.74) is 3.00. The zero-order valence-electron chi connectivity index (χ0n) is 17.0. The molecule has 0 aliphatic rings. The molecule has 0 aliphatic heterocycles. The fraction of sp³-hybridized carbons (Fsp3) is 0.0800. The molecule has 6 heteroatoms. The second-order valence-electron chi connectivity index (χ2n) is 6.80. The van der Waals surface area contributed by atoms with E-state index in [4.69, 9.17) is 0 Å². The average molecular weight is 410 g/mol. The maximum absolute atomic E-state index is 12.9. The van der Waals surface area contributed by atoms with Gasteiger partial charge in [-0.1, -0.05) is 66.7 Å². The zero-order chi connectivity index (χ0) is 22.1. The lowest BCUT2D eigenvalue weighted by Crippen LogP contribution is -2.30. The minimum absolute atomic E-state index is 0.0678. The van der Waals surface area contributed by atoms with Crippen LogP contribution < -0.4 is 16.0 Å². The monoisotopic (exact) mass is 410 g/mol. The van der Waals surface area contributed by atoms with Crippen LogP contribution in [0.3, 0.4) is 0 Å². The Morgan fingerprint density at radius 1 is 0.871 bits per heavy atom. The second kappa shape index (κ2) is 10.4. The molecule has 31 heavy (non-hydrogen) atoms. The summed E-state index contributed by atoms with van der Waals surface area (Å²) in [6.45, 7) is 1.42. The van der Waals surface area contributed by atoms with Gasteiger partial charge in [0.2, 0.25) is 5.91 Å². The standard InChI is InChI=1S/C25H22N4O2/c1-18(30)28-23-14-8-13-22(15-23)27-17-21(16-26)25(31)29-24(19-9-4-2-5-10-19)20-11-6-3-7-12-20/h2-15,17,24,27H,1H3,(H,28,30)(H,29,31)/b21-17-. The van der Waals surface area contributed by atoms with Gasteiger partial charge in [-0.3, -0.25) is 9.59 Å². The van der Waals surface area contributed by atoms with Crippen molar-refractivity contribution in [2.75, 3.05) is 10.6 Å². The van der Waals surface area contributed by atoms with Crippen LogP contribution in [0.4, 0.5) is 11.4 Å². The molecule has 0 fully saturated rings. The van der Waals surface area contributed by atoms with Crippen LogP contribution in [0, 0.1) is 11.3 Å². The van der Waals surface area contributed by atoms with Crippen LogP contribution in [0.25, 0.3) is 0 Å². The lowest BCUT2D eigenvalue weighted by atomic mass is 9.98. The van der Waals surface area contributed by atoms with Crippen molar-refractivity contribution in [1.82, 2.24) is 5.32 Å². The molecule has 0 unspecified atom stereocenters. The molecule has 0 bridgehead atoms. The predicted octanol–water partition coefficient (Wildman–Crippen LogP) is 4.37. The summed E-state index contributed by atoms with van der Waals surface area (Å²) in [6.07, 6.45) is 1.36. The van der Waals surface area contributed by atoms with E-state index in [0.29, 0.717) is 11.4 Å². The van der Waals surface area contributed by atoms with Gasteiger partial charge in [-0.2, -0.15) is 5.26 Å². The van der Waals surface area contributed by atoms with Crippen LogP contribution in [0.1, 0.15) is 24.1 Å². The number of nitrogens with one attached hydrogen (secondary N) is 3.